The van der Waals surface area contributed by atoms with E-state index in [9.17, 15) is 35.9 Å². The number of hydrogen-bond acceptors (Lipinski definition) is 3. The van der Waals surface area contributed by atoms with Gasteiger partial charge >= 0.3 is 12.4 Å². The van der Waals surface area contributed by atoms with Gasteiger partial charge in [-0.3, -0.25) is 9.59 Å². The fourth-order valence-corrected chi connectivity index (χ4v) is 4.02. The summed E-state index contributed by atoms with van der Waals surface area (Å²) in [6, 6.07) is 1.12. The molecule has 0 aliphatic heterocycles. The van der Waals surface area contributed by atoms with Gasteiger partial charge in [0.05, 0.1) is 11.1 Å². The molecule has 0 aromatic heterocycles. The number of benzene rings is 1. The van der Waals surface area contributed by atoms with E-state index in [4.69, 9.17) is 0 Å². The van der Waals surface area contributed by atoms with E-state index < -0.39 is 35.0 Å². The maximum absolute atomic E-state index is 13.0. The minimum Gasteiger partial charge on any atom is -0.355 e. The normalized spacial score (nSPS) is 19.3. The molecule has 2 amide bonds. The van der Waals surface area contributed by atoms with Gasteiger partial charge in [0.1, 0.15) is 0 Å². The highest BCUT2D eigenvalue weighted by Crippen LogP contribution is 2.36. The molecule has 198 valence electrons. The van der Waals surface area contributed by atoms with Gasteiger partial charge in [0.25, 0.3) is 5.91 Å². The number of carbonyl (C=O) groups is 2. The first-order valence-electron chi connectivity index (χ1n) is 11.6. The average molecular weight is 510 g/mol. The molecule has 3 N–H and O–H groups in total. The Bertz CT molecular complexity index is 837. The van der Waals surface area contributed by atoms with Gasteiger partial charge in [-0.15, -0.1) is 0 Å². The molecule has 2 rings (SSSR count). The van der Waals surface area contributed by atoms with E-state index >= 15 is 0 Å². The largest absolute Gasteiger partial charge is 0.416 e. The summed E-state index contributed by atoms with van der Waals surface area (Å²) in [5, 5.41) is 8.73. The Morgan fingerprint density at radius 2 is 1.37 bits per heavy atom. The molecule has 0 radical (unpaired) electrons. The third-order valence-corrected chi connectivity index (χ3v) is 5.82. The standard InChI is InChI=1S/C24H33F6N3O2/c1-22(2,3)13-20(34)32-9-8-31-19-6-4-15(5-7-19)14-33-21(35)16-10-17(23(25,26)27)12-18(11-16)24(28,29)30/h10-12,15,19,31H,4-9,13-14H2,1-3H3,(H,32,34)(H,33,35). The van der Waals surface area contributed by atoms with Crippen LogP contribution in [0.25, 0.3) is 0 Å². The summed E-state index contributed by atoms with van der Waals surface area (Å²) in [6.07, 6.45) is -6.41. The Hall–Kier alpha value is -2.30. The minimum absolute atomic E-state index is 0.00106. The molecule has 1 aromatic carbocycles. The second-order valence-corrected chi connectivity index (χ2v) is 10.3. The number of hydrogen-bond donors (Lipinski definition) is 3. The molecule has 0 spiro atoms. The van der Waals surface area contributed by atoms with Gasteiger partial charge < -0.3 is 16.0 Å². The third-order valence-electron chi connectivity index (χ3n) is 5.82. The van der Waals surface area contributed by atoms with E-state index in [-0.39, 0.29) is 35.9 Å². The van der Waals surface area contributed by atoms with Crippen LogP contribution in [0.5, 0.6) is 0 Å². The van der Waals surface area contributed by atoms with Crippen molar-refractivity contribution >= 4 is 11.8 Å². The van der Waals surface area contributed by atoms with Crippen LogP contribution in [-0.2, 0) is 17.1 Å². The molecule has 35 heavy (non-hydrogen) atoms. The van der Waals surface area contributed by atoms with Crippen molar-refractivity contribution in [3.63, 3.8) is 0 Å². The van der Waals surface area contributed by atoms with E-state index in [2.05, 4.69) is 16.0 Å². The number of nitrogens with one attached hydrogen (secondary N) is 3. The smallest absolute Gasteiger partial charge is 0.355 e. The zero-order valence-electron chi connectivity index (χ0n) is 20.1. The molecule has 1 saturated carbocycles. The molecule has 1 aliphatic rings. The van der Waals surface area contributed by atoms with E-state index in [1.165, 1.54) is 0 Å². The summed E-state index contributed by atoms with van der Waals surface area (Å²) in [5.74, 6) is -0.883. The highest BCUT2D eigenvalue weighted by atomic mass is 19.4. The van der Waals surface area contributed by atoms with Crippen molar-refractivity contribution in [3.8, 4) is 0 Å². The van der Waals surface area contributed by atoms with E-state index in [1.807, 2.05) is 20.8 Å². The SMILES string of the molecule is CC(C)(C)CC(=O)NCCNC1CCC(CNC(=O)c2cc(C(F)(F)F)cc(C(F)(F)F)c2)CC1. The van der Waals surface area contributed by atoms with Crippen molar-refractivity contribution in [2.24, 2.45) is 11.3 Å². The summed E-state index contributed by atoms with van der Waals surface area (Å²) in [7, 11) is 0. The molecule has 1 aromatic rings. The van der Waals surface area contributed by atoms with Crippen molar-refractivity contribution in [3.05, 3.63) is 34.9 Å². The van der Waals surface area contributed by atoms with Crippen molar-refractivity contribution in [2.45, 2.75) is 71.3 Å². The quantitative estimate of drug-likeness (QED) is 0.335. The van der Waals surface area contributed by atoms with Crippen LogP contribution in [0.1, 0.15) is 74.4 Å². The average Bonchev–Trinajstić information content (AvgIpc) is 2.73. The maximum atomic E-state index is 13.0. The first kappa shape index (κ1) is 28.9. The molecule has 0 saturated heterocycles. The topological polar surface area (TPSA) is 70.2 Å². The Morgan fingerprint density at radius 1 is 0.829 bits per heavy atom. The van der Waals surface area contributed by atoms with E-state index in [0.29, 0.717) is 31.6 Å². The van der Waals surface area contributed by atoms with Crippen LogP contribution in [-0.4, -0.2) is 37.5 Å². The lowest BCUT2D eigenvalue weighted by Gasteiger charge is -2.29. The molecular weight excluding hydrogens is 476 g/mol. The second kappa shape index (κ2) is 11.6. The molecule has 0 atom stereocenters. The van der Waals surface area contributed by atoms with Crippen molar-refractivity contribution in [1.29, 1.82) is 0 Å². The predicted molar refractivity (Wildman–Crippen MR) is 120 cm³/mol. The molecule has 1 aliphatic carbocycles. The predicted octanol–water partition coefficient (Wildman–Crippen LogP) is 5.15. The molecule has 11 heteroatoms. The Kier molecular flexibility index (Phi) is 9.61. The summed E-state index contributed by atoms with van der Waals surface area (Å²) in [6.45, 7) is 7.29. The van der Waals surface area contributed by atoms with E-state index in [1.54, 1.807) is 0 Å². The van der Waals surface area contributed by atoms with Crippen LogP contribution in [0.15, 0.2) is 18.2 Å². The van der Waals surface area contributed by atoms with Gasteiger partial charge in [0.15, 0.2) is 0 Å². The van der Waals surface area contributed by atoms with Gasteiger partial charge in [-0.25, -0.2) is 0 Å². The first-order chi connectivity index (χ1) is 16.0. The van der Waals surface area contributed by atoms with Gasteiger partial charge in [-0.2, -0.15) is 26.3 Å². The molecule has 0 heterocycles. The number of amides is 2. The van der Waals surface area contributed by atoms with E-state index in [0.717, 1.165) is 25.7 Å². The van der Waals surface area contributed by atoms with Gasteiger partial charge in [-0.1, -0.05) is 20.8 Å². The molecule has 1 fully saturated rings. The lowest BCUT2D eigenvalue weighted by Crippen LogP contribution is -2.40. The first-order valence-corrected chi connectivity index (χ1v) is 11.6. The zero-order valence-corrected chi connectivity index (χ0v) is 20.1. The Labute approximate surface area is 201 Å². The van der Waals surface area contributed by atoms with Crippen molar-refractivity contribution in [1.82, 2.24) is 16.0 Å². The molecular formula is C24H33F6N3O2. The third kappa shape index (κ3) is 10.1. The number of rotatable bonds is 8. The van der Waals surface area contributed by atoms with Crippen LogP contribution >= 0.6 is 0 Å². The Balaban J connectivity index is 1.78. The van der Waals surface area contributed by atoms with Crippen LogP contribution in [0.4, 0.5) is 26.3 Å². The van der Waals surface area contributed by atoms with Gasteiger partial charge in [0, 0.05) is 37.7 Å². The second-order valence-electron chi connectivity index (χ2n) is 10.3. The highest BCUT2D eigenvalue weighted by Gasteiger charge is 2.37. The molecule has 0 unspecified atom stereocenters. The van der Waals surface area contributed by atoms with Gasteiger partial charge in [-0.05, 0) is 55.2 Å². The van der Waals surface area contributed by atoms with Crippen LogP contribution in [0.2, 0.25) is 0 Å². The monoisotopic (exact) mass is 509 g/mol. The zero-order chi connectivity index (χ0) is 26.4. The Morgan fingerprint density at radius 3 is 1.86 bits per heavy atom. The van der Waals surface area contributed by atoms with Gasteiger partial charge in [0.2, 0.25) is 5.91 Å². The number of halogens is 6. The number of alkyl halides is 6. The number of carbonyl (C=O) groups excluding carboxylic acids is 2. The maximum Gasteiger partial charge on any atom is 0.416 e. The van der Waals surface area contributed by atoms with Crippen LogP contribution in [0, 0.1) is 11.3 Å². The summed E-state index contributed by atoms with van der Waals surface area (Å²) < 4.78 is 78.0. The van der Waals surface area contributed by atoms with Crippen LogP contribution in [0.3, 0.4) is 0 Å². The molecule has 5 nitrogen and oxygen atoms in total. The summed E-state index contributed by atoms with van der Waals surface area (Å²) in [5.41, 5.74) is -3.78. The minimum atomic E-state index is -5.00. The fourth-order valence-electron chi connectivity index (χ4n) is 4.02. The lowest BCUT2D eigenvalue weighted by molar-refractivity contribution is -0.143. The van der Waals surface area contributed by atoms with Crippen molar-refractivity contribution < 1.29 is 35.9 Å². The lowest BCUT2D eigenvalue weighted by atomic mass is 9.86. The summed E-state index contributed by atoms with van der Waals surface area (Å²) >= 11 is 0. The molecule has 0 bridgehead atoms. The fraction of sp³-hybridized carbons (Fsp3) is 0.667. The highest BCUT2D eigenvalue weighted by molar-refractivity contribution is 5.94. The van der Waals surface area contributed by atoms with Crippen LogP contribution < -0.4 is 16.0 Å². The van der Waals surface area contributed by atoms with Crippen molar-refractivity contribution in [2.75, 3.05) is 19.6 Å². The summed E-state index contributed by atoms with van der Waals surface area (Å²) in [4.78, 5) is 24.2.